The van der Waals surface area contributed by atoms with Gasteiger partial charge < -0.3 is 5.11 Å². The van der Waals surface area contributed by atoms with Crippen LogP contribution in [0.5, 0.6) is 0 Å². The van der Waals surface area contributed by atoms with Gasteiger partial charge in [-0.3, -0.25) is 0 Å². The Morgan fingerprint density at radius 3 is 2.76 bits per heavy atom. The fourth-order valence-electron chi connectivity index (χ4n) is 1.36. The second kappa shape index (κ2) is 4.91. The third-order valence-electron chi connectivity index (χ3n) is 2.30. The lowest BCUT2D eigenvalue weighted by Crippen LogP contribution is -1.99. The van der Waals surface area contributed by atoms with Crippen molar-refractivity contribution < 1.29 is 5.11 Å². The summed E-state index contributed by atoms with van der Waals surface area (Å²) in [5.41, 5.74) is 1.58. The average molecular weight is 242 g/mol. The fraction of sp³-hybridized carbons (Fsp3) is 0.0769. The van der Waals surface area contributed by atoms with Crippen molar-refractivity contribution in [2.45, 2.75) is 6.10 Å². The second-order valence-electron chi connectivity index (χ2n) is 3.48. The Kier molecular flexibility index (Phi) is 3.33. The van der Waals surface area contributed by atoms with E-state index >= 15 is 0 Å². The number of benzene rings is 1. The van der Waals surface area contributed by atoms with E-state index in [2.05, 4.69) is 11.6 Å². The van der Waals surface area contributed by atoms with E-state index < -0.39 is 6.10 Å². The van der Waals surface area contributed by atoms with Gasteiger partial charge in [-0.25, -0.2) is 4.98 Å². The number of aliphatic hydroxyl groups excluding tert-OH is 1. The summed E-state index contributed by atoms with van der Waals surface area (Å²) in [7, 11) is 0. The lowest BCUT2D eigenvalue weighted by Gasteiger charge is -2.03. The Morgan fingerprint density at radius 1 is 1.41 bits per heavy atom. The lowest BCUT2D eigenvalue weighted by atomic mass is 10.1. The highest BCUT2D eigenvalue weighted by Crippen LogP contribution is 2.28. The molecular formula is C13H10N2OS. The predicted octanol–water partition coefficient (Wildman–Crippen LogP) is 2.92. The van der Waals surface area contributed by atoms with E-state index in [0.29, 0.717) is 5.69 Å². The smallest absolute Gasteiger partial charge is 0.131 e. The van der Waals surface area contributed by atoms with E-state index in [1.165, 1.54) is 11.3 Å². The summed E-state index contributed by atoms with van der Waals surface area (Å²) in [5.74, 6) is 0. The van der Waals surface area contributed by atoms with E-state index in [4.69, 9.17) is 5.26 Å². The molecule has 0 aliphatic rings. The molecule has 0 aliphatic heterocycles. The first-order chi connectivity index (χ1) is 8.22. The minimum atomic E-state index is -1.01. The highest BCUT2D eigenvalue weighted by atomic mass is 32.1. The maximum Gasteiger partial charge on any atom is 0.131 e. The van der Waals surface area contributed by atoms with Crippen molar-refractivity contribution in [3.05, 3.63) is 53.6 Å². The molecule has 0 radical (unpaired) electrons. The van der Waals surface area contributed by atoms with Crippen molar-refractivity contribution in [1.82, 2.24) is 4.98 Å². The summed E-state index contributed by atoms with van der Waals surface area (Å²) in [6.07, 6.45) is -1.01. The van der Waals surface area contributed by atoms with Gasteiger partial charge >= 0.3 is 0 Å². The molecule has 3 nitrogen and oxygen atoms in total. The van der Waals surface area contributed by atoms with E-state index in [0.717, 1.165) is 10.6 Å². The van der Waals surface area contributed by atoms with Crippen LogP contribution in [0.2, 0.25) is 0 Å². The van der Waals surface area contributed by atoms with Crippen LogP contribution in [0.4, 0.5) is 0 Å². The predicted molar refractivity (Wildman–Crippen MR) is 67.3 cm³/mol. The molecule has 2 rings (SSSR count). The summed E-state index contributed by atoms with van der Waals surface area (Å²) >= 11 is 1.44. The maximum atomic E-state index is 9.77. The quantitative estimate of drug-likeness (QED) is 0.842. The maximum absolute atomic E-state index is 9.77. The number of nitrogens with zero attached hydrogens (tertiary/aromatic N) is 2. The summed E-state index contributed by atoms with van der Waals surface area (Å²) in [5, 5.41) is 21.0. The van der Waals surface area contributed by atoms with Crippen molar-refractivity contribution in [2.24, 2.45) is 0 Å². The number of rotatable bonds is 3. The third-order valence-corrected chi connectivity index (χ3v) is 3.21. The molecule has 2 aromatic rings. The number of aromatic nitrogens is 1. The zero-order valence-electron chi connectivity index (χ0n) is 9.00. The van der Waals surface area contributed by atoms with Gasteiger partial charge in [-0.1, -0.05) is 36.9 Å². The Bertz CT molecular complexity index is 569. The van der Waals surface area contributed by atoms with E-state index in [9.17, 15) is 5.11 Å². The van der Waals surface area contributed by atoms with Gasteiger partial charge in [0.2, 0.25) is 0 Å². The molecule has 0 bridgehead atoms. The number of hydrogen-bond donors (Lipinski definition) is 1. The Balaban J connectivity index is 2.29. The normalized spacial score (nSPS) is 11.8. The minimum Gasteiger partial charge on any atom is -0.381 e. The molecule has 1 atom stereocenters. The van der Waals surface area contributed by atoms with Crippen molar-refractivity contribution in [3.8, 4) is 16.6 Å². The summed E-state index contributed by atoms with van der Waals surface area (Å²) in [6.45, 7) is 3.49. The molecule has 0 saturated carbocycles. The number of thiazole rings is 1. The summed E-state index contributed by atoms with van der Waals surface area (Å²) in [6, 6.07) is 11.5. The molecule has 1 aromatic carbocycles. The number of hydrogen-bond acceptors (Lipinski definition) is 4. The van der Waals surface area contributed by atoms with Crippen molar-refractivity contribution in [3.63, 3.8) is 0 Å². The Morgan fingerprint density at radius 2 is 2.12 bits per heavy atom. The van der Waals surface area contributed by atoms with Gasteiger partial charge in [0.05, 0.1) is 17.3 Å². The first kappa shape index (κ1) is 11.5. The topological polar surface area (TPSA) is 56.9 Å². The molecule has 84 valence electrons. The molecule has 0 spiro atoms. The Hall–Kier alpha value is -1.96. The molecule has 0 fully saturated rings. The zero-order valence-corrected chi connectivity index (χ0v) is 9.81. The second-order valence-corrected chi connectivity index (χ2v) is 4.34. The molecule has 1 N–H and O–H groups in total. The van der Waals surface area contributed by atoms with Gasteiger partial charge in [-0.2, -0.15) is 5.26 Å². The minimum absolute atomic E-state index is 0.106. The van der Waals surface area contributed by atoms with Crippen LogP contribution in [0.1, 0.15) is 11.8 Å². The van der Waals surface area contributed by atoms with Crippen molar-refractivity contribution >= 4 is 11.3 Å². The van der Waals surface area contributed by atoms with Gasteiger partial charge in [0, 0.05) is 10.9 Å². The van der Waals surface area contributed by atoms with E-state index in [1.807, 2.05) is 36.4 Å². The Labute approximate surface area is 103 Å². The van der Waals surface area contributed by atoms with E-state index in [1.54, 1.807) is 5.38 Å². The first-order valence-corrected chi connectivity index (χ1v) is 5.88. The van der Waals surface area contributed by atoms with Crippen LogP contribution in [0, 0.1) is 11.3 Å². The van der Waals surface area contributed by atoms with Crippen LogP contribution >= 0.6 is 11.3 Å². The van der Waals surface area contributed by atoms with Crippen molar-refractivity contribution in [1.29, 1.82) is 5.26 Å². The lowest BCUT2D eigenvalue weighted by molar-refractivity contribution is 0.217. The fourth-order valence-corrected chi connectivity index (χ4v) is 2.21. The molecule has 1 heterocycles. The molecule has 0 amide bonds. The standard InChI is InChI=1S/C13H10N2OS/c1-9(7-14)12(16)11-8-17-13(15-11)10-5-3-2-4-6-10/h2-6,8,12,16H,1H2. The van der Waals surface area contributed by atoms with Gasteiger partial charge in [0.1, 0.15) is 11.1 Å². The number of nitriles is 1. The van der Waals surface area contributed by atoms with Crippen LogP contribution < -0.4 is 0 Å². The molecule has 17 heavy (non-hydrogen) atoms. The van der Waals surface area contributed by atoms with Crippen LogP contribution in [0.15, 0.2) is 47.9 Å². The molecule has 1 aromatic heterocycles. The summed E-state index contributed by atoms with van der Waals surface area (Å²) in [4.78, 5) is 4.31. The van der Waals surface area contributed by atoms with Gasteiger partial charge in [-0.05, 0) is 0 Å². The summed E-state index contributed by atoms with van der Waals surface area (Å²) < 4.78 is 0. The largest absolute Gasteiger partial charge is 0.381 e. The van der Waals surface area contributed by atoms with Crippen LogP contribution in [-0.4, -0.2) is 10.1 Å². The monoisotopic (exact) mass is 242 g/mol. The van der Waals surface area contributed by atoms with Gasteiger partial charge in [-0.15, -0.1) is 11.3 Å². The van der Waals surface area contributed by atoms with Gasteiger partial charge in [0.25, 0.3) is 0 Å². The highest BCUT2D eigenvalue weighted by molar-refractivity contribution is 7.13. The van der Waals surface area contributed by atoms with Crippen LogP contribution in [0.25, 0.3) is 10.6 Å². The van der Waals surface area contributed by atoms with Gasteiger partial charge in [0.15, 0.2) is 0 Å². The van der Waals surface area contributed by atoms with E-state index in [-0.39, 0.29) is 5.57 Å². The first-order valence-electron chi connectivity index (χ1n) is 5.00. The highest BCUT2D eigenvalue weighted by Gasteiger charge is 2.15. The molecule has 0 saturated heterocycles. The van der Waals surface area contributed by atoms with Crippen molar-refractivity contribution in [2.75, 3.05) is 0 Å². The molecule has 0 aliphatic carbocycles. The molecular weight excluding hydrogens is 232 g/mol. The van der Waals surface area contributed by atoms with Crippen LogP contribution in [-0.2, 0) is 0 Å². The zero-order chi connectivity index (χ0) is 12.3. The number of aliphatic hydroxyl groups is 1. The third kappa shape index (κ3) is 2.41. The molecule has 1 unspecified atom stereocenters. The van der Waals surface area contributed by atoms with Crippen LogP contribution in [0.3, 0.4) is 0 Å². The SMILES string of the molecule is C=C(C#N)C(O)c1csc(-c2ccccc2)n1. The average Bonchev–Trinajstić information content (AvgIpc) is 2.87. The molecule has 4 heteroatoms.